The van der Waals surface area contributed by atoms with Crippen molar-refractivity contribution in [3.63, 3.8) is 0 Å². The molecule has 0 atom stereocenters. The van der Waals surface area contributed by atoms with Gasteiger partial charge in [-0.05, 0) is 18.8 Å². The highest BCUT2D eigenvalue weighted by Gasteiger charge is 2.02. The van der Waals surface area contributed by atoms with E-state index < -0.39 is 18.0 Å². The molecule has 0 saturated carbocycles. The van der Waals surface area contributed by atoms with Gasteiger partial charge in [0.05, 0.1) is 0 Å². The van der Waals surface area contributed by atoms with E-state index in [1.54, 1.807) is 6.92 Å². The average Bonchev–Trinajstić information content (AvgIpc) is 2.22. The fourth-order valence-corrected chi connectivity index (χ4v) is 0.365. The lowest BCUT2D eigenvalue weighted by Gasteiger charge is -1.97. The molecule has 0 aromatic carbocycles. The third-order valence-electron chi connectivity index (χ3n) is 0.833. The highest BCUT2D eigenvalue weighted by atomic mass is 17.0. The molecule has 0 rings (SSSR count). The minimum Gasteiger partial charge on any atom is -0.406 e. The Morgan fingerprint density at radius 1 is 1.31 bits per heavy atom. The van der Waals surface area contributed by atoms with Crippen molar-refractivity contribution in [3.05, 3.63) is 10.1 Å². The van der Waals surface area contributed by atoms with Crippen molar-refractivity contribution in [2.75, 3.05) is 6.79 Å². The molecule has 0 spiro atoms. The van der Waals surface area contributed by atoms with Gasteiger partial charge < -0.3 is 9.47 Å². The van der Waals surface area contributed by atoms with Gasteiger partial charge in [-0.15, -0.1) is 10.1 Å². The molecular formula is C9H5NO6. The number of hydrogen-bond donors (Lipinski definition) is 0. The number of nitrogens with zero attached hydrogens (tertiary/aromatic N) is 1. The first kappa shape index (κ1) is 13.1. The first-order valence-corrected chi connectivity index (χ1v) is 3.69. The summed E-state index contributed by atoms with van der Waals surface area (Å²) in [6.45, 7) is 0.742. The average molecular weight is 223 g/mol. The molecule has 0 N–H and O–H groups in total. The second-order valence-corrected chi connectivity index (χ2v) is 1.82. The van der Waals surface area contributed by atoms with Crippen molar-refractivity contribution in [3.8, 4) is 35.7 Å². The van der Waals surface area contributed by atoms with E-state index in [9.17, 15) is 14.9 Å². The standard InChI is InChI=1S/C9H5NO6/c1-2-3-4-5-6-7-14-9(11)15-8-16-10(12)13/h8H2,1H3. The second-order valence-electron chi connectivity index (χ2n) is 1.82. The summed E-state index contributed by atoms with van der Waals surface area (Å²) < 4.78 is 8.21. The number of hydrogen-bond acceptors (Lipinski definition) is 6. The van der Waals surface area contributed by atoms with Gasteiger partial charge in [-0.1, -0.05) is 5.92 Å². The third kappa shape index (κ3) is 9.24. The van der Waals surface area contributed by atoms with Gasteiger partial charge in [-0.25, -0.2) is 4.79 Å². The molecule has 0 unspecified atom stereocenters. The quantitative estimate of drug-likeness (QED) is 0.225. The molecule has 0 heterocycles. The number of ether oxygens (including phenoxy) is 2. The number of rotatable bonds is 3. The minimum atomic E-state index is -1.22. The van der Waals surface area contributed by atoms with Crippen molar-refractivity contribution in [2.45, 2.75) is 6.92 Å². The topological polar surface area (TPSA) is 87.9 Å². The second kappa shape index (κ2) is 8.74. The van der Waals surface area contributed by atoms with E-state index >= 15 is 0 Å². The Balaban J connectivity index is 3.76. The smallest absolute Gasteiger partial charge is 0.406 e. The van der Waals surface area contributed by atoms with E-state index in [-0.39, 0.29) is 0 Å². The number of carbonyl (C=O) groups is 1. The fourth-order valence-electron chi connectivity index (χ4n) is 0.365. The van der Waals surface area contributed by atoms with Crippen LogP contribution >= 0.6 is 0 Å². The fraction of sp³-hybridized carbons (Fsp3) is 0.222. The van der Waals surface area contributed by atoms with Crippen molar-refractivity contribution >= 4 is 6.16 Å². The maximum Gasteiger partial charge on any atom is 0.524 e. The van der Waals surface area contributed by atoms with Crippen LogP contribution in [0.5, 0.6) is 0 Å². The summed E-state index contributed by atoms with van der Waals surface area (Å²) in [6.07, 6.45) is 0.667. The molecule has 0 amide bonds. The first-order chi connectivity index (χ1) is 7.66. The molecule has 82 valence electrons. The van der Waals surface area contributed by atoms with Crippen LogP contribution in [0, 0.1) is 45.8 Å². The molecule has 0 aromatic rings. The minimum absolute atomic E-state index is 0.861. The molecular weight excluding hydrogens is 218 g/mol. The normalized spacial score (nSPS) is 6.56. The maximum absolute atomic E-state index is 10.6. The largest absolute Gasteiger partial charge is 0.524 e. The van der Waals surface area contributed by atoms with E-state index in [2.05, 4.69) is 43.9 Å². The lowest BCUT2D eigenvalue weighted by Crippen LogP contribution is -2.10. The Labute approximate surface area is 90.8 Å². The van der Waals surface area contributed by atoms with Crippen LogP contribution in [0.1, 0.15) is 6.92 Å². The zero-order valence-electron chi connectivity index (χ0n) is 8.10. The van der Waals surface area contributed by atoms with Gasteiger partial charge in [-0.3, -0.25) is 4.84 Å². The van der Waals surface area contributed by atoms with Crippen molar-refractivity contribution in [1.29, 1.82) is 0 Å². The summed E-state index contributed by atoms with van der Waals surface area (Å²) in [5.74, 6) is 11.6. The number of carbonyl (C=O) groups excluding carboxylic acids is 1. The Morgan fingerprint density at radius 2 is 2.00 bits per heavy atom. The van der Waals surface area contributed by atoms with E-state index in [0.717, 1.165) is 0 Å². The molecule has 0 aliphatic rings. The first-order valence-electron chi connectivity index (χ1n) is 3.69. The van der Waals surface area contributed by atoms with Crippen LogP contribution in [0.25, 0.3) is 0 Å². The Hall–Kier alpha value is -2.85. The van der Waals surface area contributed by atoms with Gasteiger partial charge in [-0.2, -0.15) is 0 Å². The maximum atomic E-state index is 10.6. The molecule has 0 saturated heterocycles. The molecule has 0 aromatic heterocycles. The van der Waals surface area contributed by atoms with Gasteiger partial charge in [0.25, 0.3) is 5.09 Å². The van der Waals surface area contributed by atoms with E-state index in [1.165, 1.54) is 0 Å². The van der Waals surface area contributed by atoms with Crippen LogP contribution in [0.3, 0.4) is 0 Å². The predicted molar refractivity (Wildman–Crippen MR) is 49.5 cm³/mol. The summed E-state index contributed by atoms with van der Waals surface area (Å²) in [7, 11) is 0. The van der Waals surface area contributed by atoms with Gasteiger partial charge in [0.1, 0.15) is 6.11 Å². The lowest BCUT2D eigenvalue weighted by molar-refractivity contribution is -0.765. The van der Waals surface area contributed by atoms with Crippen LogP contribution in [-0.4, -0.2) is 18.0 Å². The van der Waals surface area contributed by atoms with Gasteiger partial charge >= 0.3 is 6.16 Å². The summed E-state index contributed by atoms with van der Waals surface area (Å²) in [5, 5.41) is 8.52. The lowest BCUT2D eigenvalue weighted by atomic mass is 10.5. The molecule has 0 bridgehead atoms. The summed E-state index contributed by atoms with van der Waals surface area (Å²) in [6, 6.07) is 0. The molecule has 7 heteroatoms. The van der Waals surface area contributed by atoms with Crippen LogP contribution in [0.15, 0.2) is 0 Å². The van der Waals surface area contributed by atoms with Gasteiger partial charge in [0.2, 0.25) is 6.79 Å². The van der Waals surface area contributed by atoms with Crippen LogP contribution in [0.2, 0.25) is 0 Å². The summed E-state index contributed by atoms with van der Waals surface area (Å²) >= 11 is 0. The van der Waals surface area contributed by atoms with E-state index in [0.29, 0.717) is 0 Å². The molecule has 0 fully saturated rings. The highest BCUT2D eigenvalue weighted by Crippen LogP contribution is 1.84. The summed E-state index contributed by atoms with van der Waals surface area (Å²) in [5.41, 5.74) is 0. The van der Waals surface area contributed by atoms with Gasteiger partial charge in [0.15, 0.2) is 0 Å². The molecule has 0 aliphatic heterocycles. The van der Waals surface area contributed by atoms with Crippen molar-refractivity contribution < 1.29 is 24.2 Å². The zero-order chi connectivity index (χ0) is 12.2. The van der Waals surface area contributed by atoms with Crippen molar-refractivity contribution in [1.82, 2.24) is 0 Å². The van der Waals surface area contributed by atoms with Crippen LogP contribution in [0.4, 0.5) is 4.79 Å². The molecule has 16 heavy (non-hydrogen) atoms. The Morgan fingerprint density at radius 3 is 2.62 bits per heavy atom. The van der Waals surface area contributed by atoms with E-state index in [4.69, 9.17) is 0 Å². The molecule has 0 radical (unpaired) electrons. The third-order valence-corrected chi connectivity index (χ3v) is 0.833. The Bertz CT molecular complexity index is 436. The van der Waals surface area contributed by atoms with Crippen molar-refractivity contribution in [2.24, 2.45) is 0 Å². The van der Waals surface area contributed by atoms with E-state index in [1.807, 2.05) is 6.11 Å². The molecule has 7 nitrogen and oxygen atoms in total. The van der Waals surface area contributed by atoms with Crippen LogP contribution in [-0.2, 0) is 14.3 Å². The van der Waals surface area contributed by atoms with Crippen LogP contribution < -0.4 is 0 Å². The Kier molecular flexibility index (Phi) is 7.18. The summed E-state index contributed by atoms with van der Waals surface area (Å²) in [4.78, 5) is 23.9. The monoisotopic (exact) mass is 223 g/mol. The predicted octanol–water partition coefficient (Wildman–Crippen LogP) is 0.293. The zero-order valence-corrected chi connectivity index (χ0v) is 8.10. The highest BCUT2D eigenvalue weighted by molar-refractivity contribution is 5.61. The SMILES string of the molecule is CC#CC#CC#COC(=O)OCO[N+](=O)[O-]. The van der Waals surface area contributed by atoms with Gasteiger partial charge in [0, 0.05) is 11.8 Å². The molecule has 0 aliphatic carbocycles.